The quantitative estimate of drug-likeness (QED) is 0.719. The molecule has 0 amide bonds. The van der Waals surface area contributed by atoms with Gasteiger partial charge in [-0.2, -0.15) is 5.10 Å². The highest BCUT2D eigenvalue weighted by atomic mass is 16.5. The molecule has 1 aromatic rings. The van der Waals surface area contributed by atoms with Gasteiger partial charge >= 0.3 is 0 Å². The lowest BCUT2D eigenvalue weighted by molar-refractivity contribution is 0.145. The molecule has 0 bridgehead atoms. The predicted octanol–water partition coefficient (Wildman–Crippen LogP) is 1.77. The largest absolute Gasteiger partial charge is 0.380 e. The van der Waals surface area contributed by atoms with Crippen molar-refractivity contribution in [2.75, 3.05) is 19.8 Å². The van der Waals surface area contributed by atoms with Crippen LogP contribution in [0.4, 0.5) is 0 Å². The van der Waals surface area contributed by atoms with E-state index in [1.165, 1.54) is 5.56 Å². The van der Waals surface area contributed by atoms with Crippen LogP contribution in [0.2, 0.25) is 0 Å². The Labute approximate surface area is 98.0 Å². The molecule has 0 aromatic carbocycles. The molecule has 1 N–H and O–H groups in total. The van der Waals surface area contributed by atoms with E-state index in [0.29, 0.717) is 12.1 Å². The van der Waals surface area contributed by atoms with Crippen molar-refractivity contribution in [1.29, 1.82) is 0 Å². The number of rotatable bonds is 7. The van der Waals surface area contributed by atoms with E-state index in [9.17, 15) is 0 Å². The SMILES string of the molecule is CCOCCN[C@@H](C)[C@@H](C)n1cc(C)cn1. The summed E-state index contributed by atoms with van der Waals surface area (Å²) < 4.78 is 7.30. The number of hydrogen-bond donors (Lipinski definition) is 1. The van der Waals surface area contributed by atoms with E-state index in [1.807, 2.05) is 17.8 Å². The van der Waals surface area contributed by atoms with Gasteiger partial charge in [0.2, 0.25) is 0 Å². The summed E-state index contributed by atoms with van der Waals surface area (Å²) in [6.07, 6.45) is 3.97. The minimum Gasteiger partial charge on any atom is -0.380 e. The Kier molecular flexibility index (Phi) is 5.49. The average Bonchev–Trinajstić information content (AvgIpc) is 2.70. The molecule has 0 radical (unpaired) electrons. The van der Waals surface area contributed by atoms with Crippen LogP contribution in [0.5, 0.6) is 0 Å². The first-order chi connectivity index (χ1) is 7.65. The number of hydrogen-bond acceptors (Lipinski definition) is 3. The fourth-order valence-electron chi connectivity index (χ4n) is 1.56. The zero-order valence-electron chi connectivity index (χ0n) is 10.7. The van der Waals surface area contributed by atoms with Gasteiger partial charge in [0.1, 0.15) is 0 Å². The Bertz CT molecular complexity index is 298. The average molecular weight is 225 g/mol. The molecule has 2 atom stereocenters. The van der Waals surface area contributed by atoms with Crippen molar-refractivity contribution in [2.45, 2.75) is 39.8 Å². The molecule has 4 heteroatoms. The van der Waals surface area contributed by atoms with Crippen LogP contribution < -0.4 is 5.32 Å². The van der Waals surface area contributed by atoms with Gasteiger partial charge in [0, 0.05) is 25.4 Å². The maximum absolute atomic E-state index is 5.29. The third-order valence-electron chi connectivity index (χ3n) is 2.79. The number of nitrogens with one attached hydrogen (secondary N) is 1. The van der Waals surface area contributed by atoms with E-state index in [-0.39, 0.29) is 0 Å². The van der Waals surface area contributed by atoms with Crippen molar-refractivity contribution >= 4 is 0 Å². The zero-order chi connectivity index (χ0) is 12.0. The van der Waals surface area contributed by atoms with Crippen molar-refractivity contribution in [3.05, 3.63) is 18.0 Å². The molecule has 1 rings (SSSR count). The third kappa shape index (κ3) is 3.94. The Balaban J connectivity index is 2.33. The van der Waals surface area contributed by atoms with Gasteiger partial charge in [-0.05, 0) is 33.3 Å². The fourth-order valence-corrected chi connectivity index (χ4v) is 1.56. The summed E-state index contributed by atoms with van der Waals surface area (Å²) in [5.74, 6) is 0. The van der Waals surface area contributed by atoms with E-state index in [0.717, 1.165) is 19.8 Å². The van der Waals surface area contributed by atoms with Gasteiger partial charge in [-0.25, -0.2) is 0 Å². The van der Waals surface area contributed by atoms with Crippen LogP contribution in [0.15, 0.2) is 12.4 Å². The molecule has 16 heavy (non-hydrogen) atoms. The minimum atomic E-state index is 0.357. The number of ether oxygens (including phenoxy) is 1. The van der Waals surface area contributed by atoms with E-state index in [1.54, 1.807) is 0 Å². The number of aromatic nitrogens is 2. The van der Waals surface area contributed by atoms with Gasteiger partial charge in [0.25, 0.3) is 0 Å². The van der Waals surface area contributed by atoms with Gasteiger partial charge in [0.05, 0.1) is 18.8 Å². The van der Waals surface area contributed by atoms with Gasteiger partial charge < -0.3 is 10.1 Å². The molecule has 0 aliphatic rings. The Morgan fingerprint density at radius 2 is 2.25 bits per heavy atom. The lowest BCUT2D eigenvalue weighted by Crippen LogP contribution is -2.36. The van der Waals surface area contributed by atoms with Crippen LogP contribution >= 0.6 is 0 Å². The summed E-state index contributed by atoms with van der Waals surface area (Å²) in [6, 6.07) is 0.745. The molecule has 0 aliphatic heterocycles. The lowest BCUT2D eigenvalue weighted by atomic mass is 10.2. The topological polar surface area (TPSA) is 39.1 Å². The van der Waals surface area contributed by atoms with Gasteiger partial charge in [0.15, 0.2) is 0 Å². The molecular formula is C12H23N3O. The first-order valence-corrected chi connectivity index (χ1v) is 5.97. The Morgan fingerprint density at radius 3 is 2.81 bits per heavy atom. The first-order valence-electron chi connectivity index (χ1n) is 5.97. The highest BCUT2D eigenvalue weighted by Gasteiger charge is 2.13. The van der Waals surface area contributed by atoms with Gasteiger partial charge in [-0.3, -0.25) is 4.68 Å². The number of nitrogens with zero attached hydrogens (tertiary/aromatic N) is 2. The third-order valence-corrected chi connectivity index (χ3v) is 2.79. The van der Waals surface area contributed by atoms with Crippen LogP contribution in [-0.4, -0.2) is 35.6 Å². The monoisotopic (exact) mass is 225 g/mol. The predicted molar refractivity (Wildman–Crippen MR) is 65.6 cm³/mol. The second kappa shape index (κ2) is 6.66. The molecular weight excluding hydrogens is 202 g/mol. The van der Waals surface area contributed by atoms with Crippen LogP contribution in [0.1, 0.15) is 32.4 Å². The molecule has 1 aromatic heterocycles. The van der Waals surface area contributed by atoms with E-state index < -0.39 is 0 Å². The summed E-state index contributed by atoms with van der Waals surface area (Å²) >= 11 is 0. The van der Waals surface area contributed by atoms with Crippen LogP contribution in [0.3, 0.4) is 0 Å². The second-order valence-corrected chi connectivity index (χ2v) is 4.18. The standard InChI is InChI=1S/C12H23N3O/c1-5-16-7-6-13-11(3)12(4)15-9-10(2)8-14-15/h8-9,11-13H,5-7H2,1-4H3/t11-,12+/m0/s1. The van der Waals surface area contributed by atoms with Crippen LogP contribution in [0, 0.1) is 6.92 Å². The molecule has 0 saturated heterocycles. The maximum atomic E-state index is 5.29. The van der Waals surface area contributed by atoms with E-state index >= 15 is 0 Å². The summed E-state index contributed by atoms with van der Waals surface area (Å²) in [6.45, 7) is 10.9. The molecule has 0 spiro atoms. The van der Waals surface area contributed by atoms with Crippen molar-refractivity contribution in [3.63, 3.8) is 0 Å². The molecule has 0 saturated carbocycles. The van der Waals surface area contributed by atoms with Crippen LogP contribution in [-0.2, 0) is 4.74 Å². The molecule has 1 heterocycles. The Morgan fingerprint density at radius 1 is 1.50 bits per heavy atom. The van der Waals surface area contributed by atoms with Gasteiger partial charge in [-0.15, -0.1) is 0 Å². The van der Waals surface area contributed by atoms with E-state index in [2.05, 4.69) is 37.4 Å². The van der Waals surface area contributed by atoms with Crippen molar-refractivity contribution in [2.24, 2.45) is 0 Å². The molecule has 0 unspecified atom stereocenters. The zero-order valence-corrected chi connectivity index (χ0v) is 10.7. The minimum absolute atomic E-state index is 0.357. The molecule has 92 valence electrons. The van der Waals surface area contributed by atoms with Gasteiger partial charge in [-0.1, -0.05) is 0 Å². The summed E-state index contributed by atoms with van der Waals surface area (Å²) in [5.41, 5.74) is 1.20. The second-order valence-electron chi connectivity index (χ2n) is 4.18. The smallest absolute Gasteiger partial charge is 0.0641 e. The normalized spacial score (nSPS) is 15.0. The lowest BCUT2D eigenvalue weighted by Gasteiger charge is -2.21. The maximum Gasteiger partial charge on any atom is 0.0641 e. The summed E-state index contributed by atoms with van der Waals surface area (Å²) in [4.78, 5) is 0. The fraction of sp³-hybridized carbons (Fsp3) is 0.750. The summed E-state index contributed by atoms with van der Waals surface area (Å²) in [5, 5.41) is 7.77. The highest BCUT2D eigenvalue weighted by Crippen LogP contribution is 2.10. The van der Waals surface area contributed by atoms with Crippen molar-refractivity contribution in [1.82, 2.24) is 15.1 Å². The first kappa shape index (κ1) is 13.2. The molecule has 0 aliphatic carbocycles. The summed E-state index contributed by atoms with van der Waals surface area (Å²) in [7, 11) is 0. The Hall–Kier alpha value is -0.870. The molecule has 4 nitrogen and oxygen atoms in total. The highest BCUT2D eigenvalue weighted by molar-refractivity contribution is 5.00. The number of aryl methyl sites for hydroxylation is 1. The van der Waals surface area contributed by atoms with Crippen LogP contribution in [0.25, 0.3) is 0 Å². The van der Waals surface area contributed by atoms with E-state index in [4.69, 9.17) is 4.74 Å². The molecule has 0 fully saturated rings. The van der Waals surface area contributed by atoms with Crippen molar-refractivity contribution in [3.8, 4) is 0 Å². The van der Waals surface area contributed by atoms with Crippen molar-refractivity contribution < 1.29 is 4.74 Å².